The number of benzene rings is 2. The zero-order valence-electron chi connectivity index (χ0n) is 15.5. The summed E-state index contributed by atoms with van der Waals surface area (Å²) in [6.45, 7) is 4.80. The van der Waals surface area contributed by atoms with Gasteiger partial charge in [-0.15, -0.1) is 12.4 Å². The first-order valence-electron chi connectivity index (χ1n) is 9.26. The molecule has 1 heterocycles. The van der Waals surface area contributed by atoms with Gasteiger partial charge in [-0.05, 0) is 79.6 Å². The third-order valence-electron chi connectivity index (χ3n) is 5.76. The van der Waals surface area contributed by atoms with Crippen molar-refractivity contribution >= 4 is 23.8 Å². The van der Waals surface area contributed by atoms with Gasteiger partial charge in [0, 0.05) is 37.6 Å². The summed E-state index contributed by atoms with van der Waals surface area (Å²) >= 11 is 0. The molecule has 1 saturated carbocycles. The molecule has 3 nitrogen and oxygen atoms in total. The molecule has 2 aromatic rings. The summed E-state index contributed by atoms with van der Waals surface area (Å²) in [5, 5.41) is 8.97. The number of nitriles is 1. The van der Waals surface area contributed by atoms with Gasteiger partial charge >= 0.3 is 0 Å². The van der Waals surface area contributed by atoms with Crippen molar-refractivity contribution in [2.24, 2.45) is 5.92 Å². The smallest absolute Gasteiger partial charge is 0.0991 e. The Labute approximate surface area is 162 Å². The molecule has 1 atom stereocenters. The van der Waals surface area contributed by atoms with E-state index in [0.29, 0.717) is 11.6 Å². The van der Waals surface area contributed by atoms with E-state index >= 15 is 0 Å². The van der Waals surface area contributed by atoms with Gasteiger partial charge in [-0.3, -0.25) is 4.90 Å². The Morgan fingerprint density at radius 3 is 2.46 bits per heavy atom. The Morgan fingerprint density at radius 2 is 1.81 bits per heavy atom. The molecule has 1 aliphatic heterocycles. The molecule has 4 rings (SSSR count). The van der Waals surface area contributed by atoms with Crippen molar-refractivity contribution in [1.29, 1.82) is 5.26 Å². The number of halogens is 1. The van der Waals surface area contributed by atoms with Crippen LogP contribution in [0.15, 0.2) is 42.5 Å². The van der Waals surface area contributed by atoms with Gasteiger partial charge in [0.15, 0.2) is 0 Å². The van der Waals surface area contributed by atoms with Crippen molar-refractivity contribution < 1.29 is 0 Å². The fourth-order valence-corrected chi connectivity index (χ4v) is 3.85. The first-order valence-corrected chi connectivity index (χ1v) is 9.26. The van der Waals surface area contributed by atoms with Crippen LogP contribution in [-0.4, -0.2) is 25.0 Å². The summed E-state index contributed by atoms with van der Waals surface area (Å²) in [6.07, 6.45) is 3.99. The van der Waals surface area contributed by atoms with Gasteiger partial charge in [0.25, 0.3) is 0 Å². The van der Waals surface area contributed by atoms with Gasteiger partial charge in [-0.2, -0.15) is 5.26 Å². The first kappa shape index (κ1) is 18.8. The highest BCUT2D eigenvalue weighted by molar-refractivity contribution is 5.85. The zero-order chi connectivity index (χ0) is 17.4. The predicted molar refractivity (Wildman–Crippen MR) is 109 cm³/mol. The normalized spacial score (nSPS) is 19.2. The number of fused-ring (bicyclic) bond motifs is 1. The third-order valence-corrected chi connectivity index (χ3v) is 5.76. The highest BCUT2D eigenvalue weighted by Crippen LogP contribution is 2.37. The third kappa shape index (κ3) is 3.72. The Balaban J connectivity index is 0.00000196. The van der Waals surface area contributed by atoms with Gasteiger partial charge < -0.3 is 4.90 Å². The highest BCUT2D eigenvalue weighted by Gasteiger charge is 2.30. The van der Waals surface area contributed by atoms with E-state index in [9.17, 15) is 0 Å². The Morgan fingerprint density at radius 1 is 1.12 bits per heavy atom. The van der Waals surface area contributed by atoms with Gasteiger partial charge in [-0.25, -0.2) is 0 Å². The summed E-state index contributed by atoms with van der Waals surface area (Å²) in [7, 11) is 2.10. The molecule has 2 aromatic carbocycles. The molecule has 0 bridgehead atoms. The van der Waals surface area contributed by atoms with Gasteiger partial charge in [0.05, 0.1) is 11.6 Å². The number of anilines is 2. The van der Waals surface area contributed by atoms with Crippen LogP contribution in [0.5, 0.6) is 0 Å². The van der Waals surface area contributed by atoms with Gasteiger partial charge in [-0.1, -0.05) is 6.07 Å². The predicted octanol–water partition coefficient (Wildman–Crippen LogP) is 5.08. The second-order valence-corrected chi connectivity index (χ2v) is 7.47. The lowest BCUT2D eigenvalue weighted by atomic mass is 9.92. The fraction of sp³-hybridized carbons (Fsp3) is 0.409. The maximum absolute atomic E-state index is 8.97. The van der Waals surface area contributed by atoms with Crippen molar-refractivity contribution in [3.63, 3.8) is 0 Å². The maximum Gasteiger partial charge on any atom is 0.0991 e. The molecule has 0 spiro atoms. The lowest BCUT2D eigenvalue weighted by molar-refractivity contribution is 0.190. The van der Waals surface area contributed by atoms with E-state index in [1.807, 2.05) is 24.3 Å². The molecule has 0 amide bonds. The van der Waals surface area contributed by atoms with Crippen molar-refractivity contribution in [2.75, 3.05) is 25.0 Å². The molecule has 1 unspecified atom stereocenters. The van der Waals surface area contributed by atoms with E-state index in [2.05, 4.69) is 48.0 Å². The SMILES string of the molecule is CC1c2cc(N(C)c3ccc(C#N)cc3)ccc2CCN1CC1CC1.Cl. The molecular formula is C22H26ClN3. The van der Waals surface area contributed by atoms with Crippen molar-refractivity contribution in [1.82, 2.24) is 4.90 Å². The van der Waals surface area contributed by atoms with E-state index in [1.54, 1.807) is 0 Å². The van der Waals surface area contributed by atoms with Gasteiger partial charge in [0.1, 0.15) is 0 Å². The molecule has 26 heavy (non-hydrogen) atoms. The lowest BCUT2D eigenvalue weighted by Crippen LogP contribution is -2.35. The molecule has 136 valence electrons. The average Bonchev–Trinajstić information content (AvgIpc) is 3.47. The van der Waals surface area contributed by atoms with Gasteiger partial charge in [0.2, 0.25) is 0 Å². The molecule has 1 aliphatic carbocycles. The largest absolute Gasteiger partial charge is 0.345 e. The quantitative estimate of drug-likeness (QED) is 0.755. The van der Waals surface area contributed by atoms with Crippen LogP contribution in [0.4, 0.5) is 11.4 Å². The summed E-state index contributed by atoms with van der Waals surface area (Å²) in [6, 6.07) is 17.3. The highest BCUT2D eigenvalue weighted by atomic mass is 35.5. The summed E-state index contributed by atoms with van der Waals surface area (Å²) in [5.74, 6) is 0.938. The standard InChI is InChI=1S/C22H25N3.ClH/c1-16-22-13-21(24(2)20-8-5-17(14-23)6-9-20)10-7-19(22)11-12-25(16)15-18-3-4-18;/h5-10,13,16,18H,3-4,11-12,15H2,1-2H3;1H. The van der Waals surface area contributed by atoms with Crippen molar-refractivity contribution in [3.05, 3.63) is 59.2 Å². The molecular weight excluding hydrogens is 342 g/mol. The topological polar surface area (TPSA) is 30.3 Å². The van der Waals surface area contributed by atoms with Crippen LogP contribution >= 0.6 is 12.4 Å². The van der Waals surface area contributed by atoms with Crippen molar-refractivity contribution in [2.45, 2.75) is 32.2 Å². The van der Waals surface area contributed by atoms with Crippen LogP contribution in [0, 0.1) is 17.2 Å². The molecule has 4 heteroatoms. The summed E-state index contributed by atoms with van der Waals surface area (Å²) < 4.78 is 0. The van der Waals surface area contributed by atoms with E-state index < -0.39 is 0 Å². The fourth-order valence-electron chi connectivity index (χ4n) is 3.85. The van der Waals surface area contributed by atoms with E-state index in [4.69, 9.17) is 5.26 Å². The second-order valence-electron chi connectivity index (χ2n) is 7.47. The average molecular weight is 368 g/mol. The van der Waals surface area contributed by atoms with Crippen molar-refractivity contribution in [3.8, 4) is 6.07 Å². The Bertz CT molecular complexity index is 805. The van der Waals surface area contributed by atoms with Crippen LogP contribution in [0.1, 0.15) is 42.5 Å². The van der Waals surface area contributed by atoms with Crippen LogP contribution in [0.2, 0.25) is 0 Å². The molecule has 0 N–H and O–H groups in total. The van der Waals surface area contributed by atoms with Crippen LogP contribution < -0.4 is 4.90 Å². The van der Waals surface area contributed by atoms with Crippen LogP contribution in [0.25, 0.3) is 0 Å². The minimum absolute atomic E-state index is 0. The number of hydrogen-bond donors (Lipinski definition) is 0. The molecule has 0 aromatic heterocycles. The number of rotatable bonds is 4. The molecule has 2 aliphatic rings. The minimum Gasteiger partial charge on any atom is -0.345 e. The van der Waals surface area contributed by atoms with E-state index in [-0.39, 0.29) is 12.4 Å². The lowest BCUT2D eigenvalue weighted by Gasteiger charge is -2.36. The summed E-state index contributed by atoms with van der Waals surface area (Å²) in [5.41, 5.74) is 5.99. The number of nitrogens with zero attached hydrogens (tertiary/aromatic N) is 3. The summed E-state index contributed by atoms with van der Waals surface area (Å²) in [4.78, 5) is 4.86. The van der Waals surface area contributed by atoms with Crippen LogP contribution in [-0.2, 0) is 6.42 Å². The molecule has 0 radical (unpaired) electrons. The maximum atomic E-state index is 8.97. The van der Waals surface area contributed by atoms with Crippen LogP contribution in [0.3, 0.4) is 0 Å². The number of hydrogen-bond acceptors (Lipinski definition) is 3. The zero-order valence-corrected chi connectivity index (χ0v) is 16.3. The van der Waals surface area contributed by atoms with E-state index in [0.717, 1.165) is 18.0 Å². The molecule has 0 saturated heterocycles. The Kier molecular flexibility index (Phi) is 5.55. The first-order chi connectivity index (χ1) is 12.2. The Hall–Kier alpha value is -2.02. The van der Waals surface area contributed by atoms with E-state index in [1.165, 1.54) is 42.7 Å². The minimum atomic E-state index is 0. The monoisotopic (exact) mass is 367 g/mol. The second kappa shape index (κ2) is 7.70. The molecule has 1 fully saturated rings.